The van der Waals surface area contributed by atoms with E-state index in [1.807, 2.05) is 13.8 Å². The van der Waals surface area contributed by atoms with Crippen LogP contribution in [0, 0.1) is 0 Å². The molecule has 0 radical (unpaired) electrons. The van der Waals surface area contributed by atoms with Crippen LogP contribution in [0.4, 0.5) is 10.5 Å². The maximum Gasteiger partial charge on any atom is 0.335 e. The first-order valence-electron chi connectivity index (χ1n) is 10.1. The second kappa shape index (κ2) is 10.3. The highest BCUT2D eigenvalue weighted by atomic mass is 16.5. The third-order valence-corrected chi connectivity index (χ3v) is 4.44. The van der Waals surface area contributed by atoms with Gasteiger partial charge in [0.2, 0.25) is 0 Å². The van der Waals surface area contributed by atoms with E-state index in [2.05, 4.69) is 11.9 Å². The number of barbiturate groups is 1. The van der Waals surface area contributed by atoms with Gasteiger partial charge < -0.3 is 14.2 Å². The Bertz CT molecular complexity index is 1060. The number of nitrogens with zero attached hydrogens (tertiary/aromatic N) is 1. The molecule has 0 aromatic heterocycles. The topological polar surface area (TPSA) is 94.2 Å². The zero-order valence-electron chi connectivity index (χ0n) is 17.9. The first kappa shape index (κ1) is 22.6. The Labute approximate surface area is 186 Å². The smallest absolute Gasteiger partial charge is 0.335 e. The molecule has 0 bridgehead atoms. The lowest BCUT2D eigenvalue weighted by Crippen LogP contribution is -2.54. The minimum Gasteiger partial charge on any atom is -0.494 e. The molecule has 0 atom stereocenters. The van der Waals surface area contributed by atoms with Crippen LogP contribution in [0.5, 0.6) is 17.2 Å². The van der Waals surface area contributed by atoms with Crippen LogP contribution < -0.4 is 24.4 Å². The summed E-state index contributed by atoms with van der Waals surface area (Å²) in [5.74, 6) is 0.0847. The van der Waals surface area contributed by atoms with Gasteiger partial charge in [-0.1, -0.05) is 18.7 Å². The summed E-state index contributed by atoms with van der Waals surface area (Å²) in [6.45, 7) is 8.51. The first-order chi connectivity index (χ1) is 15.5. The second-order valence-corrected chi connectivity index (χ2v) is 6.62. The molecule has 8 heteroatoms. The summed E-state index contributed by atoms with van der Waals surface area (Å²) in [5.41, 5.74) is 0.678. The molecule has 2 aromatic rings. The number of urea groups is 1. The molecule has 1 N–H and O–H groups in total. The molecule has 1 heterocycles. The molecular weight excluding hydrogens is 412 g/mol. The van der Waals surface area contributed by atoms with Crippen molar-refractivity contribution in [3.63, 3.8) is 0 Å². The summed E-state index contributed by atoms with van der Waals surface area (Å²) >= 11 is 0. The van der Waals surface area contributed by atoms with Gasteiger partial charge in [-0.25, -0.2) is 9.69 Å². The molecule has 166 valence electrons. The van der Waals surface area contributed by atoms with Crippen LogP contribution in [0.2, 0.25) is 0 Å². The van der Waals surface area contributed by atoms with Crippen LogP contribution >= 0.6 is 0 Å². The Morgan fingerprint density at radius 3 is 2.31 bits per heavy atom. The van der Waals surface area contributed by atoms with Crippen molar-refractivity contribution in [1.29, 1.82) is 0 Å². The van der Waals surface area contributed by atoms with Crippen molar-refractivity contribution in [2.24, 2.45) is 0 Å². The van der Waals surface area contributed by atoms with Crippen molar-refractivity contribution < 1.29 is 28.6 Å². The fraction of sp³-hybridized carbons (Fsp3) is 0.208. The van der Waals surface area contributed by atoms with E-state index < -0.39 is 17.8 Å². The van der Waals surface area contributed by atoms with Gasteiger partial charge in [0, 0.05) is 0 Å². The van der Waals surface area contributed by atoms with Crippen LogP contribution in [-0.4, -0.2) is 37.7 Å². The summed E-state index contributed by atoms with van der Waals surface area (Å²) in [6, 6.07) is 10.7. The lowest BCUT2D eigenvalue weighted by atomic mass is 10.1. The van der Waals surface area contributed by atoms with E-state index in [0.29, 0.717) is 48.3 Å². The number of hydrogen-bond donors (Lipinski definition) is 1. The Morgan fingerprint density at radius 1 is 0.938 bits per heavy atom. The van der Waals surface area contributed by atoms with E-state index in [-0.39, 0.29) is 5.57 Å². The molecule has 0 saturated carbocycles. The number of carbonyl (C=O) groups excluding carboxylic acids is 3. The largest absolute Gasteiger partial charge is 0.494 e. The molecule has 0 spiro atoms. The van der Waals surface area contributed by atoms with E-state index in [1.54, 1.807) is 48.5 Å². The van der Waals surface area contributed by atoms with Gasteiger partial charge in [0.05, 0.1) is 18.9 Å². The fourth-order valence-electron chi connectivity index (χ4n) is 3.07. The summed E-state index contributed by atoms with van der Waals surface area (Å²) in [7, 11) is 0. The third-order valence-electron chi connectivity index (χ3n) is 4.44. The van der Waals surface area contributed by atoms with Gasteiger partial charge in [0.15, 0.2) is 11.5 Å². The standard InChI is InChI=1S/C24H24N2O6/c1-4-13-32-20-12-7-16(15-21(20)31-6-3)14-19-22(27)25-24(29)26(23(19)28)17-8-10-18(11-9-17)30-5-2/h4,7-12,14-15H,1,5-6,13H2,2-3H3,(H,25,27,29)/b19-14-. The Morgan fingerprint density at radius 2 is 1.66 bits per heavy atom. The summed E-state index contributed by atoms with van der Waals surface area (Å²) < 4.78 is 16.6. The number of ether oxygens (including phenoxy) is 3. The predicted octanol–water partition coefficient (Wildman–Crippen LogP) is 3.72. The lowest BCUT2D eigenvalue weighted by molar-refractivity contribution is -0.122. The molecule has 32 heavy (non-hydrogen) atoms. The minimum atomic E-state index is -0.815. The van der Waals surface area contributed by atoms with Crippen molar-refractivity contribution in [1.82, 2.24) is 5.32 Å². The zero-order valence-corrected chi connectivity index (χ0v) is 17.9. The van der Waals surface area contributed by atoms with Crippen molar-refractivity contribution in [3.8, 4) is 17.2 Å². The van der Waals surface area contributed by atoms with E-state index in [9.17, 15) is 14.4 Å². The first-order valence-corrected chi connectivity index (χ1v) is 10.1. The number of imide groups is 2. The van der Waals surface area contributed by atoms with E-state index in [4.69, 9.17) is 14.2 Å². The van der Waals surface area contributed by atoms with Gasteiger partial charge in [-0.3, -0.25) is 14.9 Å². The Balaban J connectivity index is 1.93. The van der Waals surface area contributed by atoms with Crippen LogP contribution in [0.15, 0.2) is 60.7 Å². The molecule has 1 saturated heterocycles. The average molecular weight is 436 g/mol. The number of benzene rings is 2. The highest BCUT2D eigenvalue weighted by molar-refractivity contribution is 6.39. The third kappa shape index (κ3) is 4.97. The van der Waals surface area contributed by atoms with Crippen LogP contribution in [0.3, 0.4) is 0 Å². The second-order valence-electron chi connectivity index (χ2n) is 6.62. The number of hydrogen-bond acceptors (Lipinski definition) is 6. The molecular formula is C24H24N2O6. The van der Waals surface area contributed by atoms with Crippen molar-refractivity contribution in [2.75, 3.05) is 24.7 Å². The van der Waals surface area contributed by atoms with Gasteiger partial charge in [-0.15, -0.1) is 0 Å². The molecule has 1 fully saturated rings. The van der Waals surface area contributed by atoms with Crippen LogP contribution in [0.1, 0.15) is 19.4 Å². The maximum absolute atomic E-state index is 13.1. The van der Waals surface area contributed by atoms with Crippen LogP contribution in [0.25, 0.3) is 6.08 Å². The Hall–Kier alpha value is -4.07. The molecule has 1 aliphatic heterocycles. The van der Waals surface area contributed by atoms with E-state index in [1.165, 1.54) is 6.08 Å². The number of carbonyl (C=O) groups is 3. The molecule has 8 nitrogen and oxygen atoms in total. The highest BCUT2D eigenvalue weighted by Crippen LogP contribution is 2.30. The van der Waals surface area contributed by atoms with Crippen LogP contribution in [-0.2, 0) is 9.59 Å². The van der Waals surface area contributed by atoms with Gasteiger partial charge >= 0.3 is 6.03 Å². The molecule has 0 aliphatic carbocycles. The molecule has 4 amide bonds. The van der Waals surface area contributed by atoms with Crippen molar-refractivity contribution >= 4 is 29.6 Å². The van der Waals surface area contributed by atoms with E-state index >= 15 is 0 Å². The van der Waals surface area contributed by atoms with Gasteiger partial charge in [-0.2, -0.15) is 0 Å². The average Bonchev–Trinajstić information content (AvgIpc) is 2.77. The molecule has 0 unspecified atom stereocenters. The zero-order chi connectivity index (χ0) is 23.1. The predicted molar refractivity (Wildman–Crippen MR) is 120 cm³/mol. The van der Waals surface area contributed by atoms with E-state index in [0.717, 1.165) is 4.90 Å². The number of anilines is 1. The van der Waals surface area contributed by atoms with Crippen molar-refractivity contribution in [2.45, 2.75) is 13.8 Å². The number of rotatable bonds is 9. The lowest BCUT2D eigenvalue weighted by Gasteiger charge is -2.26. The minimum absolute atomic E-state index is 0.180. The quantitative estimate of drug-likeness (QED) is 0.366. The summed E-state index contributed by atoms with van der Waals surface area (Å²) in [4.78, 5) is 38.8. The number of nitrogens with one attached hydrogen (secondary N) is 1. The summed E-state index contributed by atoms with van der Waals surface area (Å²) in [5, 5.41) is 2.21. The molecule has 3 rings (SSSR count). The SMILES string of the molecule is C=CCOc1ccc(/C=C2/C(=O)NC(=O)N(c3ccc(OCC)cc3)C2=O)cc1OCC. The summed E-state index contributed by atoms with van der Waals surface area (Å²) in [6.07, 6.45) is 3.02. The van der Waals surface area contributed by atoms with Crippen molar-refractivity contribution in [3.05, 3.63) is 66.3 Å². The van der Waals surface area contributed by atoms with Gasteiger partial charge in [0.25, 0.3) is 11.8 Å². The fourth-order valence-corrected chi connectivity index (χ4v) is 3.07. The monoisotopic (exact) mass is 436 g/mol. The number of amides is 4. The maximum atomic E-state index is 13.1. The molecule has 1 aliphatic rings. The Kier molecular flexibility index (Phi) is 7.28. The normalized spacial score (nSPS) is 14.9. The van der Waals surface area contributed by atoms with Gasteiger partial charge in [0.1, 0.15) is 17.9 Å². The molecule has 2 aromatic carbocycles. The van der Waals surface area contributed by atoms with Gasteiger partial charge in [-0.05, 0) is 61.9 Å². The highest BCUT2D eigenvalue weighted by Gasteiger charge is 2.36.